The first-order valence-electron chi connectivity index (χ1n) is 9.29. The van der Waals surface area contributed by atoms with Gasteiger partial charge in [0, 0.05) is 17.5 Å². The second kappa shape index (κ2) is 7.48. The maximum absolute atomic E-state index is 11.9. The molecule has 1 fully saturated rings. The van der Waals surface area contributed by atoms with Crippen molar-refractivity contribution in [2.45, 2.75) is 71.1 Å². The third-order valence-electron chi connectivity index (χ3n) is 4.58. The Morgan fingerprint density at radius 2 is 1.73 bits per heavy atom. The first kappa shape index (κ1) is 18.4. The standard InChI is InChI=1S/C20H28N4O2/c1-13-16-7-5-6-8-17(16)24-18(21-13)22-14-9-11-15(12-10-14)23-19(25)26-20(2,3)4/h5-8,14-15H,9-12H2,1-4H3,(H,23,25)(H,21,22,24)/t14-,15-. The molecule has 26 heavy (non-hydrogen) atoms. The Morgan fingerprint density at radius 1 is 1.08 bits per heavy atom. The van der Waals surface area contributed by atoms with Crippen molar-refractivity contribution in [1.29, 1.82) is 0 Å². The number of nitrogens with one attached hydrogen (secondary N) is 2. The van der Waals surface area contributed by atoms with Crippen molar-refractivity contribution >= 4 is 22.9 Å². The van der Waals surface area contributed by atoms with Gasteiger partial charge in [-0.25, -0.2) is 14.8 Å². The number of hydrogen-bond donors (Lipinski definition) is 2. The number of anilines is 1. The summed E-state index contributed by atoms with van der Waals surface area (Å²) >= 11 is 0. The molecule has 1 aliphatic rings. The molecular weight excluding hydrogens is 328 g/mol. The number of ether oxygens (including phenoxy) is 1. The van der Waals surface area contributed by atoms with E-state index in [2.05, 4.69) is 20.6 Å². The second-order valence-electron chi connectivity index (χ2n) is 7.99. The summed E-state index contributed by atoms with van der Waals surface area (Å²) in [5.41, 5.74) is 1.48. The molecule has 140 valence electrons. The van der Waals surface area contributed by atoms with E-state index in [1.165, 1.54) is 0 Å². The number of hydrogen-bond acceptors (Lipinski definition) is 5. The minimum absolute atomic E-state index is 0.169. The van der Waals surface area contributed by atoms with Crippen LogP contribution in [0.15, 0.2) is 24.3 Å². The molecule has 1 aromatic carbocycles. The predicted molar refractivity (Wildman–Crippen MR) is 103 cm³/mol. The van der Waals surface area contributed by atoms with Gasteiger partial charge >= 0.3 is 6.09 Å². The Bertz CT molecular complexity index is 777. The maximum Gasteiger partial charge on any atom is 0.407 e. The Labute approximate surface area is 154 Å². The van der Waals surface area contributed by atoms with Gasteiger partial charge in [0.1, 0.15) is 5.60 Å². The van der Waals surface area contributed by atoms with Crippen LogP contribution in [0.3, 0.4) is 0 Å². The largest absolute Gasteiger partial charge is 0.444 e. The zero-order chi connectivity index (χ0) is 18.7. The molecule has 2 N–H and O–H groups in total. The molecular formula is C20H28N4O2. The number of nitrogens with zero attached hydrogens (tertiary/aromatic N) is 2. The number of rotatable bonds is 3. The molecule has 1 amide bonds. The summed E-state index contributed by atoms with van der Waals surface area (Å²) in [5, 5.41) is 7.52. The zero-order valence-electron chi connectivity index (χ0n) is 16.0. The van der Waals surface area contributed by atoms with Crippen LogP contribution < -0.4 is 10.6 Å². The number of benzene rings is 1. The Kier molecular flexibility index (Phi) is 5.30. The SMILES string of the molecule is Cc1nc(N[C@H]2CC[C@H](NC(=O)OC(C)(C)C)CC2)nc2ccccc12. The van der Waals surface area contributed by atoms with Crippen molar-refractivity contribution in [2.24, 2.45) is 0 Å². The van der Waals surface area contributed by atoms with Crippen LogP contribution in [0.4, 0.5) is 10.7 Å². The monoisotopic (exact) mass is 356 g/mol. The summed E-state index contributed by atoms with van der Waals surface area (Å²) in [6, 6.07) is 8.55. The van der Waals surface area contributed by atoms with E-state index >= 15 is 0 Å². The van der Waals surface area contributed by atoms with E-state index in [0.29, 0.717) is 12.0 Å². The molecule has 1 aromatic heterocycles. The molecule has 1 saturated carbocycles. The van der Waals surface area contributed by atoms with E-state index in [9.17, 15) is 4.79 Å². The fourth-order valence-electron chi connectivity index (χ4n) is 3.34. The van der Waals surface area contributed by atoms with Gasteiger partial charge in [-0.1, -0.05) is 18.2 Å². The summed E-state index contributed by atoms with van der Waals surface area (Å²) in [7, 11) is 0. The van der Waals surface area contributed by atoms with Crippen LogP contribution in [0.1, 0.15) is 52.1 Å². The van der Waals surface area contributed by atoms with Crippen LogP contribution in [-0.2, 0) is 4.74 Å². The van der Waals surface area contributed by atoms with E-state index in [4.69, 9.17) is 4.74 Å². The predicted octanol–water partition coefficient (Wildman–Crippen LogP) is 4.19. The molecule has 0 bridgehead atoms. The minimum atomic E-state index is -0.464. The molecule has 0 unspecified atom stereocenters. The van der Waals surface area contributed by atoms with Crippen LogP contribution in [0.5, 0.6) is 0 Å². The number of carbonyl (C=O) groups excluding carboxylic acids is 1. The van der Waals surface area contributed by atoms with E-state index in [0.717, 1.165) is 42.3 Å². The Balaban J connectivity index is 1.54. The lowest BCUT2D eigenvalue weighted by molar-refractivity contribution is 0.0492. The summed E-state index contributed by atoms with van der Waals surface area (Å²) in [4.78, 5) is 21.1. The second-order valence-corrected chi connectivity index (χ2v) is 7.99. The fourth-order valence-corrected chi connectivity index (χ4v) is 3.34. The highest BCUT2D eigenvalue weighted by Gasteiger charge is 2.25. The van der Waals surface area contributed by atoms with Crippen molar-refractivity contribution < 1.29 is 9.53 Å². The van der Waals surface area contributed by atoms with Gasteiger partial charge in [0.2, 0.25) is 5.95 Å². The molecule has 1 heterocycles. The molecule has 0 saturated heterocycles. The number of aromatic nitrogens is 2. The highest BCUT2D eigenvalue weighted by atomic mass is 16.6. The van der Waals surface area contributed by atoms with Crippen molar-refractivity contribution in [2.75, 3.05) is 5.32 Å². The first-order valence-corrected chi connectivity index (χ1v) is 9.29. The summed E-state index contributed by atoms with van der Waals surface area (Å²) in [6.45, 7) is 7.63. The van der Waals surface area contributed by atoms with Crippen molar-refractivity contribution in [3.8, 4) is 0 Å². The van der Waals surface area contributed by atoms with Crippen LogP contribution in [-0.4, -0.2) is 33.7 Å². The quantitative estimate of drug-likeness (QED) is 0.862. The highest BCUT2D eigenvalue weighted by Crippen LogP contribution is 2.23. The molecule has 0 radical (unpaired) electrons. The maximum atomic E-state index is 11.9. The number of alkyl carbamates (subject to hydrolysis) is 1. The van der Waals surface area contributed by atoms with Crippen molar-refractivity contribution in [3.05, 3.63) is 30.0 Å². The third kappa shape index (κ3) is 4.84. The van der Waals surface area contributed by atoms with Gasteiger partial charge in [-0.3, -0.25) is 0 Å². The lowest BCUT2D eigenvalue weighted by Gasteiger charge is -2.30. The fraction of sp³-hybridized carbons (Fsp3) is 0.550. The molecule has 3 rings (SSSR count). The van der Waals surface area contributed by atoms with Gasteiger partial charge in [-0.2, -0.15) is 0 Å². The van der Waals surface area contributed by atoms with Gasteiger partial charge in [-0.05, 0) is 59.4 Å². The third-order valence-corrected chi connectivity index (χ3v) is 4.58. The minimum Gasteiger partial charge on any atom is -0.444 e. The van der Waals surface area contributed by atoms with Gasteiger partial charge < -0.3 is 15.4 Å². The number of carbonyl (C=O) groups is 1. The number of para-hydroxylation sites is 1. The summed E-state index contributed by atoms with van der Waals surface area (Å²) < 4.78 is 5.33. The topological polar surface area (TPSA) is 76.1 Å². The zero-order valence-corrected chi connectivity index (χ0v) is 16.0. The number of aryl methyl sites for hydroxylation is 1. The lowest BCUT2D eigenvalue weighted by Crippen LogP contribution is -2.42. The number of fused-ring (bicyclic) bond motifs is 1. The normalized spacial score (nSPS) is 20.6. The average molecular weight is 356 g/mol. The van der Waals surface area contributed by atoms with Crippen LogP contribution in [0.2, 0.25) is 0 Å². The van der Waals surface area contributed by atoms with Gasteiger partial charge in [0.25, 0.3) is 0 Å². The molecule has 2 aromatic rings. The van der Waals surface area contributed by atoms with Crippen molar-refractivity contribution in [3.63, 3.8) is 0 Å². The lowest BCUT2D eigenvalue weighted by atomic mass is 9.91. The van der Waals surface area contributed by atoms with Crippen LogP contribution >= 0.6 is 0 Å². The summed E-state index contributed by atoms with van der Waals surface area (Å²) in [5.74, 6) is 0.685. The molecule has 0 aliphatic heterocycles. The Morgan fingerprint density at radius 3 is 2.42 bits per heavy atom. The van der Waals surface area contributed by atoms with Crippen LogP contribution in [0, 0.1) is 6.92 Å². The van der Waals surface area contributed by atoms with E-state index < -0.39 is 5.60 Å². The van der Waals surface area contributed by atoms with E-state index in [-0.39, 0.29) is 12.1 Å². The van der Waals surface area contributed by atoms with E-state index in [1.54, 1.807) is 0 Å². The van der Waals surface area contributed by atoms with Gasteiger partial charge in [0.15, 0.2) is 0 Å². The Hall–Kier alpha value is -2.37. The van der Waals surface area contributed by atoms with Crippen LogP contribution in [0.25, 0.3) is 10.9 Å². The molecule has 0 atom stereocenters. The number of amides is 1. The average Bonchev–Trinajstić information content (AvgIpc) is 2.55. The molecule has 1 aliphatic carbocycles. The van der Waals surface area contributed by atoms with Crippen molar-refractivity contribution in [1.82, 2.24) is 15.3 Å². The van der Waals surface area contributed by atoms with Gasteiger partial charge in [0.05, 0.1) is 11.2 Å². The van der Waals surface area contributed by atoms with Gasteiger partial charge in [-0.15, -0.1) is 0 Å². The summed E-state index contributed by atoms with van der Waals surface area (Å²) in [6.07, 6.45) is 3.45. The first-order chi connectivity index (χ1) is 12.3. The molecule has 6 nitrogen and oxygen atoms in total. The van der Waals surface area contributed by atoms with E-state index in [1.807, 2.05) is 52.0 Å². The molecule has 6 heteroatoms. The smallest absolute Gasteiger partial charge is 0.407 e. The molecule has 0 spiro atoms. The highest BCUT2D eigenvalue weighted by molar-refractivity contribution is 5.81.